The Morgan fingerprint density at radius 2 is 2.17 bits per heavy atom. The van der Waals surface area contributed by atoms with E-state index in [0.717, 1.165) is 13.1 Å². The number of hydrogen-bond donors (Lipinski definition) is 0. The number of hydrogen-bond acceptors (Lipinski definition) is 5. The Balaban J connectivity index is 0.00000121. The second kappa shape index (κ2) is 5.82. The zero-order valence-electron chi connectivity index (χ0n) is 7.56. The predicted octanol–water partition coefficient (Wildman–Crippen LogP) is -3.86. The van der Waals surface area contributed by atoms with Crippen LogP contribution in [0.25, 0.3) is 0 Å². The first-order valence-corrected chi connectivity index (χ1v) is 3.69. The molecule has 0 saturated carbocycles. The third-order valence-electron chi connectivity index (χ3n) is 1.26. The van der Waals surface area contributed by atoms with Crippen LogP contribution >= 0.6 is 0 Å². The third kappa shape index (κ3) is 3.77. The molecule has 0 N–H and O–H groups in total. The second-order valence-electron chi connectivity index (χ2n) is 2.49. The Kier molecular flexibility index (Phi) is 5.94. The molecule has 0 radical (unpaired) electrons. The van der Waals surface area contributed by atoms with E-state index < -0.39 is 0 Å². The van der Waals surface area contributed by atoms with E-state index in [9.17, 15) is 0 Å². The summed E-state index contributed by atoms with van der Waals surface area (Å²) >= 11 is 4.85. The average Bonchev–Trinajstić information content (AvgIpc) is 2.31. The summed E-state index contributed by atoms with van der Waals surface area (Å²) in [5.74, 6) is 0. The minimum atomic E-state index is 0. The van der Waals surface area contributed by atoms with Gasteiger partial charge in [0.1, 0.15) is 0 Å². The van der Waals surface area contributed by atoms with E-state index in [-0.39, 0.29) is 29.6 Å². The van der Waals surface area contributed by atoms with E-state index in [1.807, 2.05) is 14.1 Å². The van der Waals surface area contributed by atoms with Crippen molar-refractivity contribution in [3.63, 3.8) is 0 Å². The summed E-state index contributed by atoms with van der Waals surface area (Å²) < 4.78 is 1.61. The molecule has 1 heterocycles. The van der Waals surface area contributed by atoms with Crippen molar-refractivity contribution in [2.75, 3.05) is 20.6 Å². The molecule has 0 bridgehead atoms. The van der Waals surface area contributed by atoms with Gasteiger partial charge in [-0.05, 0) is 24.5 Å². The standard InChI is InChI=1S/C5H11N5S.Na/c1-9(2)3-4-10-5(11)6-7-8-10;/h3-4H2,1-2H3,(H,6,8,11);/q;+1/p-1. The topological polar surface area (TPSA) is 46.8 Å². The van der Waals surface area contributed by atoms with Gasteiger partial charge in [-0.1, -0.05) is 0 Å². The number of nitrogens with zero attached hydrogens (tertiary/aromatic N) is 5. The maximum absolute atomic E-state index is 4.85. The second-order valence-corrected chi connectivity index (χ2v) is 2.85. The van der Waals surface area contributed by atoms with Crippen molar-refractivity contribution >= 4 is 12.6 Å². The van der Waals surface area contributed by atoms with Crippen LogP contribution < -0.4 is 29.6 Å². The number of aromatic nitrogens is 4. The molecule has 0 fully saturated rings. The third-order valence-corrected chi connectivity index (χ3v) is 1.55. The molecule has 0 aromatic carbocycles. The van der Waals surface area contributed by atoms with Gasteiger partial charge in [0.2, 0.25) is 0 Å². The van der Waals surface area contributed by atoms with Crippen molar-refractivity contribution in [3.8, 4) is 0 Å². The smallest absolute Gasteiger partial charge is 0.739 e. The van der Waals surface area contributed by atoms with Crippen LogP contribution in [0.5, 0.6) is 0 Å². The number of tetrazole rings is 1. The number of likely N-dealkylation sites (N-methyl/N-ethyl adjacent to an activating group) is 1. The normalized spacial score (nSPS) is 9.92. The van der Waals surface area contributed by atoms with E-state index in [2.05, 4.69) is 20.4 Å². The van der Waals surface area contributed by atoms with Gasteiger partial charge < -0.3 is 17.5 Å². The Labute approximate surface area is 99.2 Å². The van der Waals surface area contributed by atoms with Gasteiger partial charge in [0.05, 0.1) is 6.54 Å². The molecule has 1 aromatic rings. The van der Waals surface area contributed by atoms with Crippen LogP contribution in [0.2, 0.25) is 0 Å². The summed E-state index contributed by atoms with van der Waals surface area (Å²) in [6, 6.07) is 0. The first kappa shape index (κ1) is 12.2. The fourth-order valence-corrected chi connectivity index (χ4v) is 0.796. The number of rotatable bonds is 3. The van der Waals surface area contributed by atoms with Crippen molar-refractivity contribution in [3.05, 3.63) is 0 Å². The molecular formula is C5H10N5NaS. The molecule has 0 unspecified atom stereocenters. The molecule has 0 aliphatic rings. The van der Waals surface area contributed by atoms with Gasteiger partial charge in [0, 0.05) is 11.7 Å². The molecule has 1 aromatic heterocycles. The van der Waals surface area contributed by atoms with Crippen molar-refractivity contribution in [1.29, 1.82) is 0 Å². The molecule has 0 atom stereocenters. The van der Waals surface area contributed by atoms with Crippen molar-refractivity contribution < 1.29 is 29.6 Å². The van der Waals surface area contributed by atoms with Crippen LogP contribution in [0, 0.1) is 0 Å². The fraction of sp³-hybridized carbons (Fsp3) is 0.800. The van der Waals surface area contributed by atoms with E-state index >= 15 is 0 Å². The van der Waals surface area contributed by atoms with Gasteiger partial charge in [-0.25, -0.2) is 0 Å². The molecule has 0 amide bonds. The van der Waals surface area contributed by atoms with Crippen LogP contribution in [0.1, 0.15) is 0 Å². The Hall–Kier alpha value is 0.250. The van der Waals surface area contributed by atoms with Crippen LogP contribution in [-0.4, -0.2) is 45.7 Å². The molecule has 0 aliphatic carbocycles. The monoisotopic (exact) mass is 195 g/mol. The summed E-state index contributed by atoms with van der Waals surface area (Å²) in [6.07, 6.45) is 0. The minimum Gasteiger partial charge on any atom is -0.739 e. The molecule has 12 heavy (non-hydrogen) atoms. The van der Waals surface area contributed by atoms with Gasteiger partial charge in [-0.2, -0.15) is 0 Å². The van der Waals surface area contributed by atoms with Gasteiger partial charge in [-0.15, -0.1) is 5.10 Å². The molecule has 1 rings (SSSR count). The summed E-state index contributed by atoms with van der Waals surface area (Å²) in [5, 5.41) is 11.2. The summed E-state index contributed by atoms with van der Waals surface area (Å²) in [6.45, 7) is 1.65. The Bertz CT molecular complexity index is 225. The largest absolute Gasteiger partial charge is 1.00 e. The van der Waals surface area contributed by atoms with Gasteiger partial charge >= 0.3 is 29.6 Å². The quantitative estimate of drug-likeness (QED) is 0.365. The molecule has 0 saturated heterocycles. The Morgan fingerprint density at radius 1 is 1.50 bits per heavy atom. The molecular weight excluding hydrogens is 185 g/mol. The maximum Gasteiger partial charge on any atom is 1.00 e. The van der Waals surface area contributed by atoms with Crippen LogP contribution in [0.3, 0.4) is 0 Å². The molecule has 62 valence electrons. The predicted molar refractivity (Wildman–Crippen MR) is 42.0 cm³/mol. The van der Waals surface area contributed by atoms with Gasteiger partial charge in [0.25, 0.3) is 0 Å². The van der Waals surface area contributed by atoms with Crippen LogP contribution in [0.4, 0.5) is 0 Å². The van der Waals surface area contributed by atoms with Crippen LogP contribution in [-0.2, 0) is 19.2 Å². The molecule has 0 aliphatic heterocycles. The minimum absolute atomic E-state index is 0. The van der Waals surface area contributed by atoms with Gasteiger partial charge in [-0.3, -0.25) is 4.68 Å². The fourth-order valence-electron chi connectivity index (χ4n) is 0.632. The molecule has 7 heteroatoms. The first-order chi connectivity index (χ1) is 5.20. The average molecular weight is 195 g/mol. The van der Waals surface area contributed by atoms with Crippen molar-refractivity contribution in [1.82, 2.24) is 25.1 Å². The first-order valence-electron chi connectivity index (χ1n) is 3.28. The van der Waals surface area contributed by atoms with E-state index in [0.29, 0.717) is 5.16 Å². The van der Waals surface area contributed by atoms with E-state index in [1.54, 1.807) is 4.68 Å². The summed E-state index contributed by atoms with van der Waals surface area (Å²) in [4.78, 5) is 2.05. The summed E-state index contributed by atoms with van der Waals surface area (Å²) in [7, 11) is 3.99. The van der Waals surface area contributed by atoms with Crippen LogP contribution in [0.15, 0.2) is 5.16 Å². The zero-order chi connectivity index (χ0) is 8.27. The summed E-state index contributed by atoms with van der Waals surface area (Å²) in [5.41, 5.74) is 0. The molecule has 5 nitrogen and oxygen atoms in total. The van der Waals surface area contributed by atoms with Crippen molar-refractivity contribution in [2.45, 2.75) is 11.7 Å². The SMILES string of the molecule is CN(C)CCn1nnnc1[S-].[Na+]. The maximum atomic E-state index is 4.85. The van der Waals surface area contributed by atoms with E-state index in [1.165, 1.54) is 0 Å². The Morgan fingerprint density at radius 3 is 2.58 bits per heavy atom. The van der Waals surface area contributed by atoms with Crippen molar-refractivity contribution in [2.24, 2.45) is 0 Å². The zero-order valence-corrected chi connectivity index (χ0v) is 10.4. The van der Waals surface area contributed by atoms with Gasteiger partial charge in [0.15, 0.2) is 0 Å². The molecule has 0 spiro atoms. The van der Waals surface area contributed by atoms with E-state index in [4.69, 9.17) is 12.6 Å².